The fourth-order valence-corrected chi connectivity index (χ4v) is 1.99. The Labute approximate surface area is 103 Å². The maximum atomic E-state index is 8.94. The summed E-state index contributed by atoms with van der Waals surface area (Å²) in [5.41, 5.74) is 6.67. The number of aromatic nitrogens is 2. The van der Waals surface area contributed by atoms with E-state index in [0.717, 1.165) is 11.3 Å². The molecule has 2 unspecified atom stereocenters. The molecule has 3 rings (SSSR count). The van der Waals surface area contributed by atoms with E-state index in [1.165, 1.54) is 0 Å². The zero-order valence-electron chi connectivity index (χ0n) is 9.61. The fraction of sp³-hybridized carbons (Fsp3) is 0.333. The second kappa shape index (κ2) is 4.40. The van der Waals surface area contributed by atoms with Crippen LogP contribution >= 0.6 is 0 Å². The topological polar surface area (TPSA) is 94.4 Å². The molecule has 1 aromatic carbocycles. The normalized spacial score (nSPS) is 19.3. The second-order valence-corrected chi connectivity index (χ2v) is 4.18. The van der Waals surface area contributed by atoms with Crippen molar-refractivity contribution in [1.29, 1.82) is 0 Å². The van der Waals surface area contributed by atoms with Gasteiger partial charge in [-0.05, 0) is 6.07 Å². The standard InChI is InChI=1S/C12H13N3O3/c13-9(5-16)12-14-11(15-18-12)8-6-17-10-4-2-1-3-7(8)10/h1-4,8-9,16H,5-6,13H2. The number of hydrogen-bond acceptors (Lipinski definition) is 6. The lowest BCUT2D eigenvalue weighted by Crippen LogP contribution is -2.15. The van der Waals surface area contributed by atoms with E-state index in [9.17, 15) is 0 Å². The molecule has 0 fully saturated rings. The minimum Gasteiger partial charge on any atom is -0.492 e. The molecule has 18 heavy (non-hydrogen) atoms. The van der Waals surface area contributed by atoms with Gasteiger partial charge in [0.25, 0.3) is 0 Å². The quantitative estimate of drug-likeness (QED) is 0.824. The van der Waals surface area contributed by atoms with E-state index in [1.807, 2.05) is 24.3 Å². The van der Waals surface area contributed by atoms with Crippen LogP contribution in [-0.2, 0) is 0 Å². The number of aliphatic hydroxyl groups excluding tert-OH is 1. The highest BCUT2D eigenvalue weighted by Crippen LogP contribution is 2.36. The minimum absolute atomic E-state index is 0.0374. The zero-order chi connectivity index (χ0) is 12.5. The lowest BCUT2D eigenvalue weighted by atomic mass is 10.0. The van der Waals surface area contributed by atoms with Gasteiger partial charge in [0.1, 0.15) is 18.4 Å². The molecule has 1 aromatic heterocycles. The average molecular weight is 247 g/mol. The molecule has 0 spiro atoms. The van der Waals surface area contributed by atoms with Gasteiger partial charge in [0.05, 0.1) is 12.5 Å². The summed E-state index contributed by atoms with van der Waals surface area (Å²) in [6, 6.07) is 7.12. The maximum absolute atomic E-state index is 8.94. The van der Waals surface area contributed by atoms with Gasteiger partial charge in [-0.15, -0.1) is 0 Å². The van der Waals surface area contributed by atoms with E-state index >= 15 is 0 Å². The Hall–Kier alpha value is -1.92. The first-order valence-corrected chi connectivity index (χ1v) is 5.71. The summed E-state index contributed by atoms with van der Waals surface area (Å²) in [7, 11) is 0. The smallest absolute Gasteiger partial charge is 0.245 e. The van der Waals surface area contributed by atoms with Crippen molar-refractivity contribution in [3.8, 4) is 5.75 Å². The van der Waals surface area contributed by atoms with Crippen molar-refractivity contribution in [2.75, 3.05) is 13.2 Å². The van der Waals surface area contributed by atoms with E-state index in [0.29, 0.717) is 12.4 Å². The lowest BCUT2D eigenvalue weighted by Gasteiger charge is -2.02. The van der Waals surface area contributed by atoms with Crippen LogP contribution in [0.4, 0.5) is 0 Å². The molecule has 0 aliphatic carbocycles. The summed E-state index contributed by atoms with van der Waals surface area (Å²) in [5, 5.41) is 12.9. The van der Waals surface area contributed by atoms with Crippen molar-refractivity contribution in [1.82, 2.24) is 10.1 Å². The Morgan fingerprint density at radius 1 is 1.44 bits per heavy atom. The van der Waals surface area contributed by atoms with Gasteiger partial charge in [0, 0.05) is 5.56 Å². The van der Waals surface area contributed by atoms with Gasteiger partial charge in [0.15, 0.2) is 5.82 Å². The summed E-state index contributed by atoms with van der Waals surface area (Å²) in [5.74, 6) is 1.60. The largest absolute Gasteiger partial charge is 0.492 e. The van der Waals surface area contributed by atoms with E-state index in [-0.39, 0.29) is 18.4 Å². The highest BCUT2D eigenvalue weighted by Gasteiger charge is 2.30. The number of ether oxygens (including phenoxy) is 1. The molecule has 6 nitrogen and oxygen atoms in total. The summed E-state index contributed by atoms with van der Waals surface area (Å²) < 4.78 is 10.6. The number of nitrogens with zero attached hydrogens (tertiary/aromatic N) is 2. The number of nitrogens with two attached hydrogens (primary N) is 1. The van der Waals surface area contributed by atoms with Crippen LogP contribution in [-0.4, -0.2) is 28.5 Å². The van der Waals surface area contributed by atoms with Crippen LogP contribution in [0.2, 0.25) is 0 Å². The first-order valence-electron chi connectivity index (χ1n) is 5.71. The van der Waals surface area contributed by atoms with Crippen LogP contribution in [0, 0.1) is 0 Å². The molecule has 0 saturated heterocycles. The van der Waals surface area contributed by atoms with Crippen molar-refractivity contribution in [3.05, 3.63) is 41.5 Å². The Kier molecular flexibility index (Phi) is 2.73. The van der Waals surface area contributed by atoms with E-state index in [4.69, 9.17) is 20.1 Å². The number of hydrogen-bond donors (Lipinski definition) is 2. The number of aliphatic hydroxyl groups is 1. The summed E-state index contributed by atoms with van der Waals surface area (Å²) >= 11 is 0. The highest BCUT2D eigenvalue weighted by molar-refractivity contribution is 5.42. The fourth-order valence-electron chi connectivity index (χ4n) is 1.99. The van der Waals surface area contributed by atoms with Gasteiger partial charge in [-0.25, -0.2) is 0 Å². The van der Waals surface area contributed by atoms with E-state index in [1.54, 1.807) is 0 Å². The third-order valence-electron chi connectivity index (χ3n) is 2.98. The van der Waals surface area contributed by atoms with Gasteiger partial charge >= 0.3 is 0 Å². The number of fused-ring (bicyclic) bond motifs is 1. The predicted molar refractivity (Wildman–Crippen MR) is 62.1 cm³/mol. The number of benzene rings is 1. The van der Waals surface area contributed by atoms with Crippen LogP contribution in [0.1, 0.15) is 29.2 Å². The first kappa shape index (κ1) is 11.2. The van der Waals surface area contributed by atoms with Crippen molar-refractivity contribution in [2.45, 2.75) is 12.0 Å². The molecule has 0 saturated carbocycles. The molecule has 3 N–H and O–H groups in total. The van der Waals surface area contributed by atoms with Crippen LogP contribution < -0.4 is 10.5 Å². The number of para-hydroxylation sites is 1. The Bertz CT molecular complexity index is 555. The van der Waals surface area contributed by atoms with Gasteiger partial charge < -0.3 is 20.1 Å². The molecule has 2 atom stereocenters. The Balaban J connectivity index is 1.91. The minimum atomic E-state index is -0.635. The summed E-state index contributed by atoms with van der Waals surface area (Å²) in [6.45, 7) is 0.270. The molecule has 0 bridgehead atoms. The van der Waals surface area contributed by atoms with Crippen LogP contribution in [0.25, 0.3) is 0 Å². The lowest BCUT2D eigenvalue weighted by molar-refractivity contribution is 0.236. The SMILES string of the molecule is NC(CO)c1nc(C2COc3ccccc32)no1. The van der Waals surface area contributed by atoms with Crippen LogP contribution in [0.5, 0.6) is 5.75 Å². The molecule has 94 valence electrons. The molecule has 2 heterocycles. The second-order valence-electron chi connectivity index (χ2n) is 4.18. The number of rotatable bonds is 3. The zero-order valence-corrected chi connectivity index (χ0v) is 9.61. The summed E-state index contributed by atoms with van der Waals surface area (Å²) in [4.78, 5) is 4.22. The van der Waals surface area contributed by atoms with E-state index in [2.05, 4.69) is 10.1 Å². The van der Waals surface area contributed by atoms with Crippen LogP contribution in [0.3, 0.4) is 0 Å². The first-order chi connectivity index (χ1) is 8.79. The van der Waals surface area contributed by atoms with Gasteiger partial charge in [-0.2, -0.15) is 4.98 Å². The Morgan fingerprint density at radius 3 is 3.11 bits per heavy atom. The van der Waals surface area contributed by atoms with Crippen molar-refractivity contribution >= 4 is 0 Å². The Morgan fingerprint density at radius 2 is 2.28 bits per heavy atom. The van der Waals surface area contributed by atoms with Crippen molar-refractivity contribution in [3.63, 3.8) is 0 Å². The third-order valence-corrected chi connectivity index (χ3v) is 2.98. The third kappa shape index (κ3) is 1.75. The van der Waals surface area contributed by atoms with Gasteiger partial charge in [-0.1, -0.05) is 23.4 Å². The molecule has 2 aromatic rings. The molecule has 1 aliphatic heterocycles. The molecular formula is C12H13N3O3. The van der Waals surface area contributed by atoms with E-state index < -0.39 is 6.04 Å². The van der Waals surface area contributed by atoms with Crippen molar-refractivity contribution < 1.29 is 14.4 Å². The van der Waals surface area contributed by atoms with Gasteiger partial charge in [-0.3, -0.25) is 0 Å². The monoisotopic (exact) mass is 247 g/mol. The maximum Gasteiger partial charge on any atom is 0.245 e. The molecular weight excluding hydrogens is 234 g/mol. The predicted octanol–water partition coefficient (Wildman–Crippen LogP) is 0.586. The molecule has 0 amide bonds. The molecule has 0 radical (unpaired) electrons. The van der Waals surface area contributed by atoms with Gasteiger partial charge in [0.2, 0.25) is 5.89 Å². The molecule has 6 heteroatoms. The summed E-state index contributed by atoms with van der Waals surface area (Å²) in [6.07, 6.45) is 0. The van der Waals surface area contributed by atoms with Crippen LogP contribution in [0.15, 0.2) is 28.8 Å². The average Bonchev–Trinajstić information content (AvgIpc) is 3.03. The molecule has 1 aliphatic rings. The highest BCUT2D eigenvalue weighted by atomic mass is 16.5. The van der Waals surface area contributed by atoms with Crippen molar-refractivity contribution in [2.24, 2.45) is 5.73 Å².